The van der Waals surface area contributed by atoms with Gasteiger partial charge in [0.2, 0.25) is 0 Å². The molecule has 0 unspecified atom stereocenters. The predicted octanol–water partition coefficient (Wildman–Crippen LogP) is 4.84. The number of benzene rings is 1. The Labute approximate surface area is 174 Å². The van der Waals surface area contributed by atoms with E-state index >= 15 is 0 Å². The molecule has 0 saturated heterocycles. The largest absolute Gasteiger partial charge is 0.352 e. The van der Waals surface area contributed by atoms with E-state index in [1.54, 1.807) is 22.7 Å². The fourth-order valence-electron chi connectivity index (χ4n) is 3.23. The summed E-state index contributed by atoms with van der Waals surface area (Å²) in [5.41, 5.74) is 3.27. The van der Waals surface area contributed by atoms with Gasteiger partial charge in [0.05, 0.1) is 42.4 Å². The first kappa shape index (κ1) is 18.0. The van der Waals surface area contributed by atoms with Crippen LogP contribution in [0, 0.1) is 6.92 Å². The minimum absolute atomic E-state index is 0.164. The number of fused-ring (bicyclic) bond motifs is 2. The predicted molar refractivity (Wildman–Crippen MR) is 116 cm³/mol. The molecule has 1 N–H and O–H groups in total. The van der Waals surface area contributed by atoms with E-state index in [-0.39, 0.29) is 5.91 Å². The molecule has 0 atom stereocenters. The maximum atomic E-state index is 13.0. The molecule has 0 aliphatic carbocycles. The number of thiophene rings is 1. The van der Waals surface area contributed by atoms with Gasteiger partial charge in [-0.3, -0.25) is 4.79 Å². The second-order valence-corrected chi connectivity index (χ2v) is 8.62. The third-order valence-electron chi connectivity index (χ3n) is 4.60. The van der Waals surface area contributed by atoms with Crippen molar-refractivity contribution in [3.8, 4) is 10.6 Å². The van der Waals surface area contributed by atoms with Crippen LogP contribution in [0.4, 0.5) is 0 Å². The second kappa shape index (κ2) is 7.38. The van der Waals surface area contributed by atoms with Crippen molar-refractivity contribution in [2.45, 2.75) is 13.3 Å². The molecule has 0 bridgehead atoms. The van der Waals surface area contributed by atoms with Crippen LogP contribution in [0.25, 0.3) is 31.9 Å². The van der Waals surface area contributed by atoms with Gasteiger partial charge in [0.1, 0.15) is 0 Å². The molecule has 0 spiro atoms. The lowest BCUT2D eigenvalue weighted by Gasteiger charge is -2.07. The lowest BCUT2D eigenvalue weighted by molar-refractivity contribution is 0.0955. The smallest absolute Gasteiger partial charge is 0.259 e. The normalized spacial score (nSPS) is 11.3. The second-order valence-electron chi connectivity index (χ2n) is 6.56. The van der Waals surface area contributed by atoms with Gasteiger partial charge in [-0.05, 0) is 36.6 Å². The molecule has 29 heavy (non-hydrogen) atoms. The topological polar surface area (TPSA) is 80.9 Å². The van der Waals surface area contributed by atoms with E-state index in [0.29, 0.717) is 41.0 Å². The summed E-state index contributed by atoms with van der Waals surface area (Å²) in [5.74, 6) is -0.164. The van der Waals surface area contributed by atoms with Crippen LogP contribution in [0.5, 0.6) is 0 Å². The van der Waals surface area contributed by atoms with Gasteiger partial charge in [0.25, 0.3) is 11.6 Å². The van der Waals surface area contributed by atoms with E-state index < -0.39 is 0 Å². The molecule has 1 aromatic carbocycles. The SMILES string of the molecule is Cc1noc2nc(-c3cccs3)cc(C(=O)NCCc3nc4ccccc4s3)c12. The Morgan fingerprint density at radius 3 is 2.90 bits per heavy atom. The highest BCUT2D eigenvalue weighted by atomic mass is 32.1. The minimum Gasteiger partial charge on any atom is -0.352 e. The summed E-state index contributed by atoms with van der Waals surface area (Å²) in [6, 6.07) is 13.8. The zero-order chi connectivity index (χ0) is 19.8. The zero-order valence-corrected chi connectivity index (χ0v) is 17.1. The van der Waals surface area contributed by atoms with E-state index in [1.165, 1.54) is 0 Å². The van der Waals surface area contributed by atoms with Crippen molar-refractivity contribution < 1.29 is 9.32 Å². The molecule has 144 valence electrons. The highest BCUT2D eigenvalue weighted by Crippen LogP contribution is 2.29. The first-order chi connectivity index (χ1) is 14.2. The van der Waals surface area contributed by atoms with Crippen LogP contribution in [0.1, 0.15) is 21.1 Å². The Kier molecular flexibility index (Phi) is 4.57. The number of hydrogen-bond donors (Lipinski definition) is 1. The molecule has 0 aliphatic rings. The molecule has 1 amide bonds. The number of aromatic nitrogens is 3. The van der Waals surface area contributed by atoms with Crippen molar-refractivity contribution in [2.24, 2.45) is 0 Å². The Bertz CT molecular complexity index is 1290. The van der Waals surface area contributed by atoms with E-state index in [2.05, 4.69) is 26.5 Å². The number of nitrogens with one attached hydrogen (secondary N) is 1. The standard InChI is InChI=1S/C21H16N4O2S2/c1-12-19-13(11-15(16-7-4-10-28-16)24-21(19)27-25-12)20(26)22-9-8-18-23-14-5-2-3-6-17(14)29-18/h2-7,10-11H,8-9H2,1H3,(H,22,26). The first-order valence-corrected chi connectivity index (χ1v) is 10.8. The molecule has 8 heteroatoms. The van der Waals surface area contributed by atoms with Crippen LogP contribution < -0.4 is 5.32 Å². The molecular formula is C21H16N4O2S2. The summed E-state index contributed by atoms with van der Waals surface area (Å²) in [7, 11) is 0. The Hall–Kier alpha value is -3.10. The summed E-state index contributed by atoms with van der Waals surface area (Å²) >= 11 is 3.22. The van der Waals surface area contributed by atoms with Crippen molar-refractivity contribution in [2.75, 3.05) is 6.54 Å². The number of para-hydroxylation sites is 1. The number of carbonyl (C=O) groups is 1. The molecule has 0 aliphatic heterocycles. The third-order valence-corrected chi connectivity index (χ3v) is 6.59. The van der Waals surface area contributed by atoms with Crippen LogP contribution in [0.15, 0.2) is 52.4 Å². The molecule has 4 aromatic heterocycles. The summed E-state index contributed by atoms with van der Waals surface area (Å²) < 4.78 is 6.50. The van der Waals surface area contributed by atoms with Gasteiger partial charge in [-0.1, -0.05) is 23.4 Å². The first-order valence-electron chi connectivity index (χ1n) is 9.12. The zero-order valence-electron chi connectivity index (χ0n) is 15.5. The van der Waals surface area contributed by atoms with Crippen LogP contribution in [0.2, 0.25) is 0 Å². The molecule has 6 nitrogen and oxygen atoms in total. The highest BCUT2D eigenvalue weighted by Gasteiger charge is 2.19. The molecule has 0 fully saturated rings. The summed E-state index contributed by atoms with van der Waals surface area (Å²) in [6.07, 6.45) is 0.680. The van der Waals surface area contributed by atoms with Gasteiger partial charge in [0, 0.05) is 13.0 Å². The van der Waals surface area contributed by atoms with Gasteiger partial charge in [-0.25, -0.2) is 9.97 Å². The Balaban J connectivity index is 1.39. The van der Waals surface area contributed by atoms with Gasteiger partial charge >= 0.3 is 0 Å². The monoisotopic (exact) mass is 420 g/mol. The Morgan fingerprint density at radius 2 is 2.07 bits per heavy atom. The molecule has 4 heterocycles. The summed E-state index contributed by atoms with van der Waals surface area (Å²) in [5, 5.41) is 10.6. The maximum Gasteiger partial charge on any atom is 0.259 e. The quantitative estimate of drug-likeness (QED) is 0.440. The van der Waals surface area contributed by atoms with Crippen LogP contribution in [-0.2, 0) is 6.42 Å². The van der Waals surface area contributed by atoms with E-state index in [0.717, 1.165) is 20.1 Å². The van der Waals surface area contributed by atoms with Crippen LogP contribution in [0.3, 0.4) is 0 Å². The Morgan fingerprint density at radius 1 is 1.17 bits per heavy atom. The lowest BCUT2D eigenvalue weighted by Crippen LogP contribution is -2.26. The van der Waals surface area contributed by atoms with E-state index in [1.807, 2.05) is 48.7 Å². The molecule has 5 rings (SSSR count). The lowest BCUT2D eigenvalue weighted by atomic mass is 10.1. The fourth-order valence-corrected chi connectivity index (χ4v) is 4.88. The fraction of sp³-hybridized carbons (Fsp3) is 0.143. The third kappa shape index (κ3) is 3.41. The number of aryl methyl sites for hydroxylation is 1. The number of amides is 1. The number of rotatable bonds is 5. The summed E-state index contributed by atoms with van der Waals surface area (Å²) in [4.78, 5) is 23.1. The van der Waals surface area contributed by atoms with E-state index in [9.17, 15) is 4.79 Å². The van der Waals surface area contributed by atoms with Crippen molar-refractivity contribution in [3.63, 3.8) is 0 Å². The van der Waals surface area contributed by atoms with Gasteiger partial charge in [0.15, 0.2) is 0 Å². The molecule has 0 saturated carbocycles. The molecule has 5 aromatic rings. The van der Waals surface area contributed by atoms with Crippen molar-refractivity contribution >= 4 is 49.9 Å². The van der Waals surface area contributed by atoms with Gasteiger partial charge in [-0.2, -0.15) is 0 Å². The maximum absolute atomic E-state index is 13.0. The van der Waals surface area contributed by atoms with Gasteiger partial charge < -0.3 is 9.84 Å². The number of pyridine rings is 1. The number of carbonyl (C=O) groups excluding carboxylic acids is 1. The average molecular weight is 421 g/mol. The molecule has 0 radical (unpaired) electrons. The highest BCUT2D eigenvalue weighted by molar-refractivity contribution is 7.18. The van der Waals surface area contributed by atoms with E-state index in [4.69, 9.17) is 4.52 Å². The number of thiazole rings is 1. The number of nitrogens with zero attached hydrogens (tertiary/aromatic N) is 3. The average Bonchev–Trinajstić information content (AvgIpc) is 3.47. The van der Waals surface area contributed by atoms with Crippen LogP contribution in [-0.4, -0.2) is 27.6 Å². The number of hydrogen-bond acceptors (Lipinski definition) is 7. The van der Waals surface area contributed by atoms with Crippen molar-refractivity contribution in [1.82, 2.24) is 20.4 Å². The molecular weight excluding hydrogens is 404 g/mol. The van der Waals surface area contributed by atoms with Gasteiger partial charge in [-0.15, -0.1) is 22.7 Å². The minimum atomic E-state index is -0.164. The van der Waals surface area contributed by atoms with Crippen LogP contribution >= 0.6 is 22.7 Å². The summed E-state index contributed by atoms with van der Waals surface area (Å²) in [6.45, 7) is 2.32. The van der Waals surface area contributed by atoms with Crippen molar-refractivity contribution in [3.05, 3.63) is 64.1 Å². The van der Waals surface area contributed by atoms with Crippen molar-refractivity contribution in [1.29, 1.82) is 0 Å².